The Kier molecular flexibility index (Phi) is 2.57. The Hall–Kier alpha value is -0.770. The predicted octanol–water partition coefficient (Wildman–Crippen LogP) is -0.0862. The van der Waals surface area contributed by atoms with Crippen molar-refractivity contribution < 1.29 is 4.79 Å². The van der Waals surface area contributed by atoms with E-state index in [-0.39, 0.29) is 6.03 Å². The fourth-order valence-electron chi connectivity index (χ4n) is 1.22. The summed E-state index contributed by atoms with van der Waals surface area (Å²) in [6, 6.07) is 0.669. The van der Waals surface area contributed by atoms with E-state index in [9.17, 15) is 4.79 Å². The summed E-state index contributed by atoms with van der Waals surface area (Å²) in [5.74, 6) is 0. The fourth-order valence-corrected chi connectivity index (χ4v) is 1.22. The van der Waals surface area contributed by atoms with Crippen molar-refractivity contribution in [1.29, 1.82) is 0 Å². The summed E-state index contributed by atoms with van der Waals surface area (Å²) in [5, 5.41) is 0. The minimum absolute atomic E-state index is 0.119. The van der Waals surface area contributed by atoms with E-state index in [4.69, 9.17) is 0 Å². The quantitative estimate of drug-likeness (QED) is 0.551. The van der Waals surface area contributed by atoms with Crippen LogP contribution in [0.4, 0.5) is 4.79 Å². The summed E-state index contributed by atoms with van der Waals surface area (Å²) in [5.41, 5.74) is 0. The van der Waals surface area contributed by atoms with Gasteiger partial charge in [-0.2, -0.15) is 0 Å². The molecule has 1 saturated heterocycles. The highest BCUT2D eigenvalue weighted by molar-refractivity contribution is 5.74. The topological polar surface area (TPSA) is 26.8 Å². The van der Waals surface area contributed by atoms with E-state index < -0.39 is 0 Å². The lowest BCUT2D eigenvalue weighted by Gasteiger charge is -2.43. The molecule has 70 valence electrons. The lowest BCUT2D eigenvalue weighted by atomic mass is 10.1. The van der Waals surface area contributed by atoms with E-state index in [2.05, 4.69) is 4.90 Å². The highest BCUT2D eigenvalue weighted by Crippen LogP contribution is 2.13. The van der Waals surface area contributed by atoms with Crippen LogP contribution >= 0.6 is 0 Å². The van der Waals surface area contributed by atoms with Gasteiger partial charge in [0.05, 0.1) is 0 Å². The van der Waals surface area contributed by atoms with E-state index in [0.29, 0.717) is 6.04 Å². The molecule has 2 amide bonds. The Morgan fingerprint density at radius 1 is 1.25 bits per heavy atom. The van der Waals surface area contributed by atoms with Crippen molar-refractivity contribution in [1.82, 2.24) is 14.7 Å². The van der Waals surface area contributed by atoms with Gasteiger partial charge in [0.25, 0.3) is 0 Å². The van der Waals surface area contributed by atoms with Crippen LogP contribution in [0.5, 0.6) is 0 Å². The molecule has 0 bridgehead atoms. The zero-order valence-electron chi connectivity index (χ0n) is 8.24. The molecule has 0 N–H and O–H groups in total. The number of urea groups is 1. The first-order chi connectivity index (χ1) is 5.52. The number of hydrogen-bond acceptors (Lipinski definition) is 2. The van der Waals surface area contributed by atoms with Crippen LogP contribution in [-0.4, -0.2) is 68.1 Å². The molecule has 1 heterocycles. The lowest BCUT2D eigenvalue weighted by molar-refractivity contribution is 0.0741. The molecule has 0 aromatic heterocycles. The number of likely N-dealkylation sites (tertiary alicyclic amines) is 1. The van der Waals surface area contributed by atoms with Crippen LogP contribution in [0, 0.1) is 0 Å². The molecule has 1 aliphatic rings. The maximum Gasteiger partial charge on any atom is 0.319 e. The van der Waals surface area contributed by atoms with Crippen LogP contribution in [0.2, 0.25) is 0 Å². The number of likely N-dealkylation sites (N-methyl/N-ethyl adjacent to an activating group) is 1. The third-order valence-electron chi connectivity index (χ3n) is 2.25. The Balaban J connectivity index is 2.30. The number of carbonyl (C=O) groups excluding carboxylic acids is 1. The molecule has 0 spiro atoms. The molecule has 1 fully saturated rings. The normalized spacial score (nSPS) is 17.9. The molecule has 0 aliphatic carbocycles. The van der Waals surface area contributed by atoms with Crippen molar-refractivity contribution in [2.24, 2.45) is 0 Å². The van der Waals surface area contributed by atoms with Gasteiger partial charge < -0.3 is 14.7 Å². The second-order valence-corrected chi connectivity index (χ2v) is 3.70. The Labute approximate surface area is 73.7 Å². The molecule has 4 heteroatoms. The van der Waals surface area contributed by atoms with Crippen molar-refractivity contribution >= 4 is 6.03 Å². The van der Waals surface area contributed by atoms with Gasteiger partial charge in [-0.1, -0.05) is 0 Å². The summed E-state index contributed by atoms with van der Waals surface area (Å²) in [7, 11) is 7.65. The average molecular weight is 171 g/mol. The first-order valence-electron chi connectivity index (χ1n) is 4.15. The van der Waals surface area contributed by atoms with Gasteiger partial charge in [-0.25, -0.2) is 4.79 Å². The molecule has 12 heavy (non-hydrogen) atoms. The average Bonchev–Trinajstić information content (AvgIpc) is 1.82. The van der Waals surface area contributed by atoms with Gasteiger partial charge in [-0.15, -0.1) is 0 Å². The number of amides is 2. The molecule has 0 radical (unpaired) electrons. The van der Waals surface area contributed by atoms with Gasteiger partial charge in [0.1, 0.15) is 0 Å². The SMILES string of the molecule is CN(C)C(=O)N1CC(N(C)C)C1. The molecule has 1 rings (SSSR count). The maximum atomic E-state index is 11.3. The standard InChI is InChI=1S/C8H17N3O/c1-9(2)7-5-11(6-7)8(12)10(3)4/h7H,5-6H2,1-4H3. The molecule has 1 aliphatic heterocycles. The minimum atomic E-state index is 0.119. The number of rotatable bonds is 1. The van der Waals surface area contributed by atoms with Gasteiger partial charge in [0.15, 0.2) is 0 Å². The van der Waals surface area contributed by atoms with Crippen molar-refractivity contribution in [3.8, 4) is 0 Å². The molecule has 0 unspecified atom stereocenters. The summed E-state index contributed by atoms with van der Waals surface area (Å²) in [6.07, 6.45) is 0. The van der Waals surface area contributed by atoms with E-state index in [1.807, 2.05) is 19.0 Å². The maximum absolute atomic E-state index is 11.3. The second-order valence-electron chi connectivity index (χ2n) is 3.70. The summed E-state index contributed by atoms with van der Waals surface area (Å²) < 4.78 is 0. The monoisotopic (exact) mass is 171 g/mol. The molecule has 0 aromatic carbocycles. The Morgan fingerprint density at radius 2 is 1.75 bits per heavy atom. The van der Waals surface area contributed by atoms with Gasteiger partial charge >= 0.3 is 6.03 Å². The summed E-state index contributed by atoms with van der Waals surface area (Å²) in [4.78, 5) is 16.9. The third-order valence-corrected chi connectivity index (χ3v) is 2.25. The largest absolute Gasteiger partial charge is 0.331 e. The predicted molar refractivity (Wildman–Crippen MR) is 48.1 cm³/mol. The Morgan fingerprint density at radius 3 is 2.08 bits per heavy atom. The smallest absolute Gasteiger partial charge is 0.319 e. The van der Waals surface area contributed by atoms with E-state index in [1.54, 1.807) is 19.0 Å². The van der Waals surface area contributed by atoms with Crippen LogP contribution in [0.15, 0.2) is 0 Å². The lowest BCUT2D eigenvalue weighted by Crippen LogP contribution is -2.61. The van der Waals surface area contributed by atoms with Crippen molar-refractivity contribution in [3.63, 3.8) is 0 Å². The van der Waals surface area contributed by atoms with Crippen LogP contribution in [-0.2, 0) is 0 Å². The minimum Gasteiger partial charge on any atom is -0.331 e. The molecule has 0 saturated carbocycles. The van der Waals surface area contributed by atoms with Gasteiger partial charge in [0.2, 0.25) is 0 Å². The number of nitrogens with zero attached hydrogens (tertiary/aromatic N) is 3. The van der Waals surface area contributed by atoms with E-state index in [1.165, 1.54) is 0 Å². The highest BCUT2D eigenvalue weighted by atomic mass is 16.2. The van der Waals surface area contributed by atoms with Crippen LogP contribution in [0.25, 0.3) is 0 Å². The molecular weight excluding hydrogens is 154 g/mol. The first-order valence-corrected chi connectivity index (χ1v) is 4.15. The van der Waals surface area contributed by atoms with Crippen LogP contribution in [0.3, 0.4) is 0 Å². The number of carbonyl (C=O) groups is 1. The Bertz CT molecular complexity index is 173. The van der Waals surface area contributed by atoms with Crippen molar-refractivity contribution in [2.75, 3.05) is 41.3 Å². The second kappa shape index (κ2) is 3.31. The van der Waals surface area contributed by atoms with Crippen molar-refractivity contribution in [3.05, 3.63) is 0 Å². The van der Waals surface area contributed by atoms with E-state index in [0.717, 1.165) is 13.1 Å². The molecular formula is C8H17N3O. The van der Waals surface area contributed by atoms with Crippen molar-refractivity contribution in [2.45, 2.75) is 6.04 Å². The molecule has 0 aromatic rings. The van der Waals surface area contributed by atoms with Crippen LogP contribution < -0.4 is 0 Å². The fraction of sp³-hybridized carbons (Fsp3) is 0.875. The van der Waals surface area contributed by atoms with Gasteiger partial charge in [0, 0.05) is 33.2 Å². The first kappa shape index (κ1) is 9.32. The third kappa shape index (κ3) is 1.69. The highest BCUT2D eigenvalue weighted by Gasteiger charge is 2.32. The van der Waals surface area contributed by atoms with Gasteiger partial charge in [-0.3, -0.25) is 0 Å². The zero-order chi connectivity index (χ0) is 9.30. The number of hydrogen-bond donors (Lipinski definition) is 0. The summed E-state index contributed by atoms with van der Waals surface area (Å²) >= 11 is 0. The molecule has 4 nitrogen and oxygen atoms in total. The zero-order valence-corrected chi connectivity index (χ0v) is 8.24. The van der Waals surface area contributed by atoms with Crippen LogP contribution in [0.1, 0.15) is 0 Å². The van der Waals surface area contributed by atoms with E-state index >= 15 is 0 Å². The molecule has 0 atom stereocenters. The van der Waals surface area contributed by atoms with Gasteiger partial charge in [-0.05, 0) is 14.1 Å². The summed E-state index contributed by atoms with van der Waals surface area (Å²) in [6.45, 7) is 1.73.